The van der Waals surface area contributed by atoms with Crippen molar-refractivity contribution in [3.05, 3.63) is 54.1 Å². The summed E-state index contributed by atoms with van der Waals surface area (Å²) in [6, 6.07) is 12.0. The van der Waals surface area contributed by atoms with Gasteiger partial charge in [-0.3, -0.25) is 4.90 Å². The number of benzene rings is 3. The number of aromatic hydroxyl groups is 1. The number of nitrogens with zero attached hydrogens (tertiary/aromatic N) is 4. The topological polar surface area (TPSA) is 73.8 Å². The van der Waals surface area contributed by atoms with Crippen molar-refractivity contribution in [2.24, 2.45) is 0 Å². The van der Waals surface area contributed by atoms with Crippen LogP contribution in [0.1, 0.15) is 32.1 Å². The smallest absolute Gasteiger partial charge is 0.319 e. The lowest BCUT2D eigenvalue weighted by Gasteiger charge is -2.34. The monoisotopic (exact) mass is 575 g/mol. The molecule has 0 unspecified atom stereocenters. The third-order valence-corrected chi connectivity index (χ3v) is 9.71. The molecule has 10 heteroatoms. The second-order valence-electron chi connectivity index (χ2n) is 12.4. The molecule has 42 heavy (non-hydrogen) atoms. The van der Waals surface area contributed by atoms with Crippen molar-refractivity contribution in [1.82, 2.24) is 20.2 Å². The predicted octanol–water partition coefficient (Wildman–Crippen LogP) is 5.33. The van der Waals surface area contributed by atoms with E-state index in [1.54, 1.807) is 24.3 Å². The van der Waals surface area contributed by atoms with Crippen LogP contribution in [0.15, 0.2) is 42.5 Å². The minimum Gasteiger partial charge on any atom is -0.508 e. The van der Waals surface area contributed by atoms with Crippen LogP contribution in [0.25, 0.3) is 32.8 Å². The normalized spacial score (nSPS) is 27.3. The van der Waals surface area contributed by atoms with Gasteiger partial charge in [0.1, 0.15) is 35.7 Å². The average molecular weight is 576 g/mol. The maximum absolute atomic E-state index is 16.6. The molecule has 4 saturated heterocycles. The minimum atomic E-state index is -0.904. The molecule has 0 amide bonds. The molecule has 7 nitrogen and oxygen atoms in total. The van der Waals surface area contributed by atoms with Crippen molar-refractivity contribution < 1.29 is 23.0 Å². The number of hydrogen-bond acceptors (Lipinski definition) is 7. The highest BCUT2D eigenvalue weighted by molar-refractivity contribution is 6.01. The molecule has 3 aromatic carbocycles. The summed E-state index contributed by atoms with van der Waals surface area (Å²) in [6.07, 6.45) is 3.35. The van der Waals surface area contributed by atoms with Gasteiger partial charge in [0.2, 0.25) is 0 Å². The fourth-order valence-corrected chi connectivity index (χ4v) is 7.83. The molecule has 0 radical (unpaired) electrons. The van der Waals surface area contributed by atoms with E-state index in [4.69, 9.17) is 9.72 Å². The second kappa shape index (κ2) is 9.70. The maximum atomic E-state index is 16.6. The molecule has 8 rings (SSSR count). The van der Waals surface area contributed by atoms with Crippen LogP contribution in [0.2, 0.25) is 0 Å². The first-order chi connectivity index (χ1) is 20.4. The zero-order valence-electron chi connectivity index (χ0n) is 23.1. The van der Waals surface area contributed by atoms with Crippen LogP contribution in [0.4, 0.5) is 19.0 Å². The van der Waals surface area contributed by atoms with E-state index in [1.165, 1.54) is 12.1 Å². The molecule has 4 fully saturated rings. The predicted molar refractivity (Wildman–Crippen MR) is 155 cm³/mol. The number of ether oxygens (including phenoxy) is 1. The molecule has 0 saturated carbocycles. The molecule has 5 heterocycles. The summed E-state index contributed by atoms with van der Waals surface area (Å²) in [5.41, 5.74) is -0.479. The summed E-state index contributed by atoms with van der Waals surface area (Å²) in [4.78, 5) is 13.5. The highest BCUT2D eigenvalue weighted by Crippen LogP contribution is 2.42. The summed E-state index contributed by atoms with van der Waals surface area (Å²) < 4.78 is 53.2. The van der Waals surface area contributed by atoms with E-state index in [0.29, 0.717) is 42.6 Å². The standard InChI is InChI=1S/C32H32F3N5O2/c33-19-13-32(8-3-9-40(32)14-19)17-42-31-37-29-25(30(38-31)39-15-20-6-7-21(16-39)36-20)12-26(34)27(28(29)35)24-11-22(41)10-18-4-1-2-5-23(18)24/h1-2,4-5,10-12,19-21,36,41H,3,6-9,13-17H2/t19-,20-,21+,32-/m1/s1. The third-order valence-electron chi connectivity index (χ3n) is 9.71. The number of piperazine rings is 1. The summed E-state index contributed by atoms with van der Waals surface area (Å²) >= 11 is 0. The van der Waals surface area contributed by atoms with E-state index in [9.17, 15) is 9.50 Å². The van der Waals surface area contributed by atoms with Crippen LogP contribution in [0, 0.1) is 11.6 Å². The van der Waals surface area contributed by atoms with Gasteiger partial charge < -0.3 is 20.1 Å². The minimum absolute atomic E-state index is 0.00383. The van der Waals surface area contributed by atoms with Gasteiger partial charge in [0.05, 0.1) is 11.1 Å². The van der Waals surface area contributed by atoms with E-state index < -0.39 is 23.3 Å². The lowest BCUT2D eigenvalue weighted by molar-refractivity contribution is 0.107. The SMILES string of the molecule is Oc1cc(-c2c(F)cc3c(N4C[C@H]5CC[C@@H](C4)N5)nc(OC[C@]45CCCN4C[C@H](F)C5)nc3c2F)c2ccccc2c1. The molecule has 2 bridgehead atoms. The van der Waals surface area contributed by atoms with Gasteiger partial charge in [-0.1, -0.05) is 24.3 Å². The highest BCUT2D eigenvalue weighted by Gasteiger charge is 2.49. The fourth-order valence-electron chi connectivity index (χ4n) is 7.83. The average Bonchev–Trinajstić information content (AvgIpc) is 3.62. The first-order valence-corrected chi connectivity index (χ1v) is 14.8. The van der Waals surface area contributed by atoms with Gasteiger partial charge in [0, 0.05) is 43.5 Å². The van der Waals surface area contributed by atoms with Crippen LogP contribution >= 0.6 is 0 Å². The van der Waals surface area contributed by atoms with E-state index in [0.717, 1.165) is 32.2 Å². The zero-order valence-corrected chi connectivity index (χ0v) is 23.1. The Morgan fingerprint density at radius 1 is 1.02 bits per heavy atom. The van der Waals surface area contributed by atoms with Gasteiger partial charge in [-0.25, -0.2) is 13.2 Å². The van der Waals surface area contributed by atoms with Gasteiger partial charge in [-0.2, -0.15) is 9.97 Å². The Balaban J connectivity index is 1.27. The summed E-state index contributed by atoms with van der Waals surface area (Å²) in [6.45, 7) is 2.74. The van der Waals surface area contributed by atoms with Crippen LogP contribution in [0.3, 0.4) is 0 Å². The Labute approximate surface area is 241 Å². The number of aromatic nitrogens is 2. The summed E-state index contributed by atoms with van der Waals surface area (Å²) in [7, 11) is 0. The molecule has 2 N–H and O–H groups in total. The second-order valence-corrected chi connectivity index (χ2v) is 12.4. The van der Waals surface area contributed by atoms with Crippen molar-refractivity contribution in [3.8, 4) is 22.9 Å². The van der Waals surface area contributed by atoms with Crippen LogP contribution < -0.4 is 15.0 Å². The lowest BCUT2D eigenvalue weighted by atomic mass is 9.95. The molecular weight excluding hydrogens is 543 g/mol. The molecule has 4 atom stereocenters. The van der Waals surface area contributed by atoms with Gasteiger partial charge in [0.15, 0.2) is 5.82 Å². The third kappa shape index (κ3) is 4.18. The lowest BCUT2D eigenvalue weighted by Crippen LogP contribution is -2.51. The molecule has 4 aliphatic rings. The zero-order chi connectivity index (χ0) is 28.6. The first kappa shape index (κ1) is 26.0. The molecule has 4 aliphatic heterocycles. The Hall–Kier alpha value is -3.63. The molecule has 0 spiro atoms. The van der Waals surface area contributed by atoms with Gasteiger partial charge in [0.25, 0.3) is 0 Å². The van der Waals surface area contributed by atoms with Crippen LogP contribution in [-0.4, -0.2) is 76.6 Å². The maximum Gasteiger partial charge on any atom is 0.319 e. The summed E-state index contributed by atoms with van der Waals surface area (Å²) in [5, 5.41) is 15.6. The first-order valence-electron chi connectivity index (χ1n) is 14.8. The van der Waals surface area contributed by atoms with E-state index in [1.807, 2.05) is 6.07 Å². The molecule has 1 aromatic heterocycles. The van der Waals surface area contributed by atoms with Crippen LogP contribution in [0.5, 0.6) is 11.8 Å². The number of nitrogens with one attached hydrogen (secondary N) is 1. The van der Waals surface area contributed by atoms with Crippen molar-refractivity contribution in [2.75, 3.05) is 37.7 Å². The fraction of sp³-hybridized carbons (Fsp3) is 0.438. The number of alkyl halides is 1. The van der Waals surface area contributed by atoms with Crippen molar-refractivity contribution in [2.45, 2.75) is 55.9 Å². The molecule has 0 aliphatic carbocycles. The molecular formula is C32H32F3N5O2. The summed E-state index contributed by atoms with van der Waals surface area (Å²) in [5.74, 6) is -1.24. The Bertz CT molecular complexity index is 1710. The highest BCUT2D eigenvalue weighted by atomic mass is 19.1. The van der Waals surface area contributed by atoms with Crippen molar-refractivity contribution >= 4 is 27.5 Å². The van der Waals surface area contributed by atoms with Crippen molar-refractivity contribution in [3.63, 3.8) is 0 Å². The number of phenols is 1. The van der Waals surface area contributed by atoms with Gasteiger partial charge in [-0.05, 0) is 66.8 Å². The Morgan fingerprint density at radius 3 is 2.67 bits per heavy atom. The number of phenolic OH excluding ortho intramolecular Hbond substituents is 1. The van der Waals surface area contributed by atoms with Crippen LogP contribution in [-0.2, 0) is 0 Å². The number of anilines is 1. The Kier molecular flexibility index (Phi) is 6.01. The van der Waals surface area contributed by atoms with Gasteiger partial charge in [-0.15, -0.1) is 0 Å². The number of hydrogen-bond donors (Lipinski definition) is 2. The van der Waals surface area contributed by atoms with E-state index >= 15 is 8.78 Å². The number of rotatable bonds is 5. The molecule has 4 aromatic rings. The number of fused-ring (bicyclic) bond motifs is 5. The van der Waals surface area contributed by atoms with E-state index in [2.05, 4.69) is 20.1 Å². The Morgan fingerprint density at radius 2 is 1.83 bits per heavy atom. The van der Waals surface area contributed by atoms with E-state index in [-0.39, 0.29) is 52.5 Å². The van der Waals surface area contributed by atoms with Gasteiger partial charge >= 0.3 is 6.01 Å². The van der Waals surface area contributed by atoms with Crippen molar-refractivity contribution in [1.29, 1.82) is 0 Å². The quantitative estimate of drug-likeness (QED) is 0.333. The molecule has 218 valence electrons. The largest absolute Gasteiger partial charge is 0.508 e. The number of halogens is 3.